The third kappa shape index (κ3) is 4.31. The van der Waals surface area contributed by atoms with E-state index in [9.17, 15) is 23.1 Å². The fourth-order valence-electron chi connectivity index (χ4n) is 2.59. The van der Waals surface area contributed by atoms with Crippen molar-refractivity contribution < 1.29 is 27.6 Å². The minimum atomic E-state index is -4.53. The number of aliphatic imine (C=N–C) groups is 1. The van der Waals surface area contributed by atoms with E-state index in [0.717, 1.165) is 29.1 Å². The molecule has 0 fully saturated rings. The van der Waals surface area contributed by atoms with Crippen molar-refractivity contribution in [1.82, 2.24) is 9.78 Å². The predicted octanol–water partition coefficient (Wildman–Crippen LogP) is 2.05. The lowest BCUT2D eigenvalue weighted by atomic mass is 10.2. The lowest BCUT2D eigenvalue weighted by Crippen LogP contribution is -2.17. The Morgan fingerprint density at radius 1 is 1.23 bits per heavy atom. The molecule has 0 unspecified atom stereocenters. The van der Waals surface area contributed by atoms with Crippen LogP contribution in [0.4, 0.5) is 5.69 Å². The van der Waals surface area contributed by atoms with Gasteiger partial charge in [-0.2, -0.15) is 8.42 Å². The predicted molar refractivity (Wildman–Crippen MR) is 108 cm³/mol. The Kier molecular flexibility index (Phi) is 5.85. The highest BCUT2D eigenvalue weighted by molar-refractivity contribution is 7.85. The lowest BCUT2D eigenvalue weighted by Gasteiger charge is -2.02. The van der Waals surface area contributed by atoms with Gasteiger partial charge >= 0.3 is 5.97 Å². The Balaban J connectivity index is 2.13. The van der Waals surface area contributed by atoms with Crippen LogP contribution in [0.15, 0.2) is 63.2 Å². The van der Waals surface area contributed by atoms with Gasteiger partial charge in [0, 0.05) is 6.21 Å². The van der Waals surface area contributed by atoms with Crippen LogP contribution in [-0.4, -0.2) is 46.6 Å². The molecule has 3 aromatic rings. The van der Waals surface area contributed by atoms with E-state index in [2.05, 4.69) is 10.1 Å². The number of hydrogen-bond acceptors (Lipinski definition) is 7. The Bertz CT molecular complexity index is 1280. The molecule has 3 rings (SSSR count). The van der Waals surface area contributed by atoms with Gasteiger partial charge in [-0.15, -0.1) is 0 Å². The summed E-state index contributed by atoms with van der Waals surface area (Å²) in [7, 11) is -4.53. The van der Waals surface area contributed by atoms with Gasteiger partial charge in [0.2, 0.25) is 0 Å². The first-order chi connectivity index (χ1) is 14.2. The molecule has 30 heavy (non-hydrogen) atoms. The number of carbonyl (C=O) groups excluding carboxylic acids is 1. The first kappa shape index (κ1) is 21.0. The van der Waals surface area contributed by atoms with Crippen LogP contribution in [0.5, 0.6) is 5.75 Å². The summed E-state index contributed by atoms with van der Waals surface area (Å²) in [6.07, 6.45) is 1.01. The van der Waals surface area contributed by atoms with Gasteiger partial charge in [-0.1, -0.05) is 18.2 Å². The van der Waals surface area contributed by atoms with Gasteiger partial charge in [0.15, 0.2) is 5.69 Å². The number of aromatic hydroxyl groups is 1. The minimum absolute atomic E-state index is 0.0746. The maximum atomic E-state index is 12.9. The first-order valence-corrected chi connectivity index (χ1v) is 10.1. The molecule has 0 aliphatic heterocycles. The van der Waals surface area contributed by atoms with Gasteiger partial charge < -0.3 is 9.84 Å². The molecule has 11 heteroatoms. The second-order valence-corrected chi connectivity index (χ2v) is 7.40. The number of para-hydroxylation sites is 1. The molecule has 10 nitrogen and oxygen atoms in total. The number of aromatic nitrogens is 2. The second kappa shape index (κ2) is 8.35. The van der Waals surface area contributed by atoms with Crippen LogP contribution < -0.4 is 5.56 Å². The molecule has 156 valence electrons. The Labute approximate surface area is 170 Å². The summed E-state index contributed by atoms with van der Waals surface area (Å²) < 4.78 is 37.9. The average molecular weight is 431 g/mol. The van der Waals surface area contributed by atoms with E-state index in [1.165, 1.54) is 0 Å². The number of ether oxygens (including phenoxy) is 1. The number of aromatic amines is 1. The summed E-state index contributed by atoms with van der Waals surface area (Å²) in [6, 6.07) is 11.4. The van der Waals surface area contributed by atoms with Crippen molar-refractivity contribution in [3.63, 3.8) is 0 Å². The zero-order valence-electron chi connectivity index (χ0n) is 15.6. The molecule has 1 heterocycles. The van der Waals surface area contributed by atoms with Crippen LogP contribution in [0.1, 0.15) is 23.0 Å². The molecule has 0 aliphatic rings. The van der Waals surface area contributed by atoms with Crippen LogP contribution in [-0.2, 0) is 14.9 Å². The molecular weight excluding hydrogens is 414 g/mol. The van der Waals surface area contributed by atoms with E-state index < -0.39 is 32.3 Å². The number of nitrogens with one attached hydrogen (secondary N) is 1. The van der Waals surface area contributed by atoms with Gasteiger partial charge in [0.05, 0.1) is 22.8 Å². The molecule has 0 amide bonds. The van der Waals surface area contributed by atoms with Crippen molar-refractivity contribution in [1.29, 1.82) is 0 Å². The van der Waals surface area contributed by atoms with Crippen molar-refractivity contribution in [2.75, 3.05) is 6.61 Å². The molecule has 0 saturated carbocycles. The number of H-pyrrole nitrogens is 1. The van der Waals surface area contributed by atoms with E-state index in [-0.39, 0.29) is 23.6 Å². The largest absolute Gasteiger partial charge is 0.506 e. The number of nitrogens with zero attached hydrogens (tertiary/aromatic N) is 2. The quantitative estimate of drug-likeness (QED) is 0.307. The smallest absolute Gasteiger partial charge is 0.357 e. The van der Waals surface area contributed by atoms with Crippen molar-refractivity contribution in [2.45, 2.75) is 11.8 Å². The highest BCUT2D eigenvalue weighted by atomic mass is 32.2. The zero-order chi connectivity index (χ0) is 21.9. The van der Waals surface area contributed by atoms with Gasteiger partial charge in [0.25, 0.3) is 15.7 Å². The van der Waals surface area contributed by atoms with Crippen molar-refractivity contribution in [3.8, 4) is 11.4 Å². The number of rotatable bonds is 6. The molecule has 1 aromatic heterocycles. The third-order valence-electron chi connectivity index (χ3n) is 4.00. The monoisotopic (exact) mass is 431 g/mol. The highest BCUT2D eigenvalue weighted by Crippen LogP contribution is 2.29. The van der Waals surface area contributed by atoms with Crippen molar-refractivity contribution in [2.24, 2.45) is 4.99 Å². The van der Waals surface area contributed by atoms with E-state index in [0.29, 0.717) is 5.69 Å². The Morgan fingerprint density at radius 3 is 2.57 bits per heavy atom. The van der Waals surface area contributed by atoms with Gasteiger partial charge in [-0.3, -0.25) is 19.4 Å². The summed E-state index contributed by atoms with van der Waals surface area (Å²) in [5, 5.41) is 12.6. The first-order valence-electron chi connectivity index (χ1n) is 8.64. The zero-order valence-corrected chi connectivity index (χ0v) is 16.5. The van der Waals surface area contributed by atoms with Crippen LogP contribution >= 0.6 is 0 Å². The fraction of sp³-hybridized carbons (Fsp3) is 0.105. The second-order valence-electron chi connectivity index (χ2n) is 5.98. The van der Waals surface area contributed by atoms with Gasteiger partial charge in [-0.05, 0) is 37.3 Å². The van der Waals surface area contributed by atoms with Crippen LogP contribution in [0.25, 0.3) is 5.69 Å². The van der Waals surface area contributed by atoms with Crippen LogP contribution in [0.3, 0.4) is 0 Å². The van der Waals surface area contributed by atoms with E-state index in [4.69, 9.17) is 9.29 Å². The van der Waals surface area contributed by atoms with Crippen molar-refractivity contribution in [3.05, 3.63) is 70.1 Å². The lowest BCUT2D eigenvalue weighted by molar-refractivity contribution is 0.0518. The number of carbonyl (C=O) groups is 1. The van der Waals surface area contributed by atoms with Crippen molar-refractivity contribution >= 4 is 28.0 Å². The topological polar surface area (TPSA) is 151 Å². The molecule has 0 radical (unpaired) electrons. The summed E-state index contributed by atoms with van der Waals surface area (Å²) in [4.78, 5) is 28.6. The molecular formula is C19H17N3O7S. The molecule has 0 bridgehead atoms. The van der Waals surface area contributed by atoms with E-state index in [1.807, 2.05) is 0 Å². The molecule has 3 N–H and O–H groups in total. The maximum absolute atomic E-state index is 12.9. The summed E-state index contributed by atoms with van der Waals surface area (Å²) in [6.45, 7) is 1.68. The van der Waals surface area contributed by atoms with Gasteiger partial charge in [0.1, 0.15) is 11.4 Å². The number of esters is 1. The normalized spacial score (nSPS) is 11.7. The molecule has 0 aliphatic carbocycles. The van der Waals surface area contributed by atoms with E-state index >= 15 is 0 Å². The Hall–Kier alpha value is -3.70. The number of hydrogen-bond donors (Lipinski definition) is 3. The maximum Gasteiger partial charge on any atom is 0.357 e. The average Bonchev–Trinajstić information content (AvgIpc) is 3.04. The molecule has 0 spiro atoms. The number of phenolic OH excluding ortho intramolecular Hbond substituents is 1. The SMILES string of the molecule is CCOC(=O)c1[nH]n(-c2ccccc2)c(=O)c1C=Nc1cc(S(=O)(=O)O)ccc1O. The molecule has 0 saturated heterocycles. The van der Waals surface area contributed by atoms with Crippen LogP contribution in [0, 0.1) is 0 Å². The van der Waals surface area contributed by atoms with Gasteiger partial charge in [-0.25, -0.2) is 9.48 Å². The Morgan fingerprint density at radius 2 is 1.93 bits per heavy atom. The number of phenols is 1. The summed E-state index contributed by atoms with van der Waals surface area (Å²) >= 11 is 0. The third-order valence-corrected chi connectivity index (χ3v) is 4.85. The fourth-order valence-corrected chi connectivity index (χ4v) is 3.09. The van der Waals surface area contributed by atoms with E-state index in [1.54, 1.807) is 37.3 Å². The number of benzene rings is 2. The minimum Gasteiger partial charge on any atom is -0.506 e. The summed E-state index contributed by atoms with van der Waals surface area (Å²) in [5.41, 5.74) is -0.706. The molecule has 0 atom stereocenters. The van der Waals surface area contributed by atoms with Crippen LogP contribution in [0.2, 0.25) is 0 Å². The molecule has 2 aromatic carbocycles. The standard InChI is InChI=1S/C19H17N3O7S/c1-2-29-19(25)17-14(18(24)22(21-17)12-6-4-3-5-7-12)11-20-15-10-13(30(26,27)28)8-9-16(15)23/h3-11,21,23H,2H2,1H3,(H,26,27,28). The highest BCUT2D eigenvalue weighted by Gasteiger charge is 2.21. The summed E-state index contributed by atoms with van der Waals surface area (Å²) in [5.74, 6) is -1.18.